The molecule has 0 radical (unpaired) electrons. The minimum Gasteiger partial charge on any atom is -0.505 e. The van der Waals surface area contributed by atoms with E-state index in [0.717, 1.165) is 24.1 Å². The number of nitrogens with zero attached hydrogens (tertiary/aromatic N) is 7. The Labute approximate surface area is 285 Å². The summed E-state index contributed by atoms with van der Waals surface area (Å²) in [5.41, 5.74) is 0.819. The number of aryl methyl sites for hydroxylation is 1. The van der Waals surface area contributed by atoms with Crippen molar-refractivity contribution in [2.24, 2.45) is 0 Å². The Hall–Kier alpha value is -5.25. The first kappa shape index (κ1) is 34.6. The van der Waals surface area contributed by atoms with Gasteiger partial charge in [0.2, 0.25) is 11.7 Å². The van der Waals surface area contributed by atoms with Gasteiger partial charge in [0, 0.05) is 45.2 Å². The zero-order valence-corrected chi connectivity index (χ0v) is 27.8. The van der Waals surface area contributed by atoms with Gasteiger partial charge in [-0.25, -0.2) is 4.98 Å². The van der Waals surface area contributed by atoms with E-state index in [1.54, 1.807) is 16.6 Å². The molecule has 0 unspecified atom stereocenters. The maximum atomic E-state index is 14.2. The Morgan fingerprint density at radius 2 is 1.90 bits per heavy atom. The highest BCUT2D eigenvalue weighted by atomic mass is 19.4. The van der Waals surface area contributed by atoms with Crippen molar-refractivity contribution in [1.29, 1.82) is 0 Å². The number of hydrogen-bond acceptors (Lipinski definition) is 9. The van der Waals surface area contributed by atoms with Gasteiger partial charge < -0.3 is 29.5 Å². The molecule has 1 fully saturated rings. The van der Waals surface area contributed by atoms with Crippen LogP contribution in [0.3, 0.4) is 0 Å². The van der Waals surface area contributed by atoms with Crippen LogP contribution in [0.25, 0.3) is 11.4 Å². The van der Waals surface area contributed by atoms with Crippen molar-refractivity contribution in [3.8, 4) is 5.75 Å². The van der Waals surface area contributed by atoms with Crippen LogP contribution in [0.15, 0.2) is 47.4 Å². The third-order valence-electron chi connectivity index (χ3n) is 9.15. The van der Waals surface area contributed by atoms with Crippen LogP contribution in [-0.2, 0) is 28.7 Å². The first-order valence-electron chi connectivity index (χ1n) is 16.3. The third kappa shape index (κ3) is 6.79. The van der Waals surface area contributed by atoms with Gasteiger partial charge in [0.15, 0.2) is 11.5 Å². The SMILES string of the molecule is CCc1c(N2CCN(C(=O)c3ncccc3O)CC2)c(=O)n2nc(C3=CC[C@H](OC)CC3)nc2n1CC(=O)Nc1ccc(C(F)(F)F)cc1C. The highest BCUT2D eigenvalue weighted by molar-refractivity contribution is 5.95. The maximum absolute atomic E-state index is 14.2. The number of piperazine rings is 1. The number of carbonyl (C=O) groups is 2. The number of ether oxygens (including phenoxy) is 1. The Balaban J connectivity index is 1.35. The summed E-state index contributed by atoms with van der Waals surface area (Å²) in [4.78, 5) is 53.1. The van der Waals surface area contributed by atoms with Crippen LogP contribution < -0.4 is 15.8 Å². The average Bonchev–Trinajstić information content (AvgIpc) is 3.56. The summed E-state index contributed by atoms with van der Waals surface area (Å²) in [5, 5.41) is 17.5. The number of anilines is 2. The number of alkyl halides is 3. The van der Waals surface area contributed by atoms with Crippen molar-refractivity contribution in [2.45, 2.75) is 58.4 Å². The molecule has 1 aliphatic heterocycles. The number of aromatic hydroxyl groups is 1. The number of hydrogen-bond donors (Lipinski definition) is 2. The second-order valence-electron chi connectivity index (χ2n) is 12.3. The molecule has 4 heterocycles. The maximum Gasteiger partial charge on any atom is 0.416 e. The summed E-state index contributed by atoms with van der Waals surface area (Å²) in [5.74, 6) is -0.680. The van der Waals surface area contributed by atoms with Gasteiger partial charge in [-0.15, -0.1) is 5.10 Å². The van der Waals surface area contributed by atoms with Gasteiger partial charge in [-0.05, 0) is 74.1 Å². The van der Waals surface area contributed by atoms with Gasteiger partial charge in [-0.1, -0.05) is 13.0 Å². The fraction of sp³-hybridized carbons (Fsp3) is 0.412. The van der Waals surface area contributed by atoms with E-state index in [2.05, 4.69) is 15.4 Å². The predicted octanol–water partition coefficient (Wildman–Crippen LogP) is 4.06. The molecule has 0 spiro atoms. The van der Waals surface area contributed by atoms with Gasteiger partial charge in [-0.2, -0.15) is 22.7 Å². The summed E-state index contributed by atoms with van der Waals surface area (Å²) in [6, 6.07) is 6.01. The van der Waals surface area contributed by atoms with E-state index >= 15 is 0 Å². The number of halogens is 3. The molecule has 2 amide bonds. The number of amides is 2. The number of nitrogens with one attached hydrogen (secondary N) is 1. The van der Waals surface area contributed by atoms with Gasteiger partial charge in [-0.3, -0.25) is 14.4 Å². The van der Waals surface area contributed by atoms with E-state index < -0.39 is 29.1 Å². The normalized spacial score (nSPS) is 16.8. The second-order valence-corrected chi connectivity index (χ2v) is 12.3. The Morgan fingerprint density at radius 3 is 2.52 bits per heavy atom. The lowest BCUT2D eigenvalue weighted by molar-refractivity contribution is -0.137. The first-order chi connectivity index (χ1) is 23.9. The monoisotopic (exact) mass is 694 g/mol. The molecule has 2 N–H and O–H groups in total. The van der Waals surface area contributed by atoms with E-state index in [9.17, 15) is 32.7 Å². The number of allylic oxidation sites excluding steroid dienone is 1. The minimum absolute atomic E-state index is 0.0581. The first-order valence-corrected chi connectivity index (χ1v) is 16.3. The highest BCUT2D eigenvalue weighted by Gasteiger charge is 2.32. The Bertz CT molecular complexity index is 2030. The molecule has 1 saturated heterocycles. The number of aromatic nitrogens is 5. The molecular formula is C34H37F3N8O5. The molecule has 3 aromatic heterocycles. The summed E-state index contributed by atoms with van der Waals surface area (Å²) >= 11 is 0. The molecule has 13 nitrogen and oxygen atoms in total. The predicted molar refractivity (Wildman–Crippen MR) is 178 cm³/mol. The number of rotatable bonds is 8. The lowest BCUT2D eigenvalue weighted by Crippen LogP contribution is -2.51. The van der Waals surface area contributed by atoms with Crippen molar-refractivity contribution in [3.05, 3.63) is 81.3 Å². The molecule has 0 bridgehead atoms. The van der Waals surface area contributed by atoms with Crippen LogP contribution in [0, 0.1) is 6.92 Å². The largest absolute Gasteiger partial charge is 0.505 e. The molecule has 0 saturated carbocycles. The standard InChI is InChI=1S/C34H37F3N8O5/c1-4-25-29(42-14-16-43(17-15-42)31(48)28-26(46)6-5-13-38-28)32(49)45-33(40-30(41-45)21-7-10-23(50-3)11-8-21)44(25)19-27(47)39-24-12-9-22(18-20(24)2)34(35,36)37/h5-7,9,12-13,18,23,46H,4,8,10-11,14-17,19H2,1-3H3,(H,39,47)/t23-/m0/s1. The fourth-order valence-electron chi connectivity index (χ4n) is 6.45. The van der Waals surface area contributed by atoms with Gasteiger partial charge >= 0.3 is 6.18 Å². The van der Waals surface area contributed by atoms with Crippen molar-refractivity contribution in [1.82, 2.24) is 29.0 Å². The Kier molecular flexibility index (Phi) is 9.64. The van der Waals surface area contributed by atoms with Crippen molar-refractivity contribution >= 4 is 34.5 Å². The highest BCUT2D eigenvalue weighted by Crippen LogP contribution is 2.32. The van der Waals surface area contributed by atoms with E-state index in [4.69, 9.17) is 9.72 Å². The van der Waals surface area contributed by atoms with Crippen LogP contribution in [0.1, 0.15) is 59.3 Å². The zero-order valence-electron chi connectivity index (χ0n) is 27.8. The second kappa shape index (κ2) is 13.9. The number of fused-ring (bicyclic) bond motifs is 1. The molecule has 1 aromatic carbocycles. The number of methoxy groups -OCH3 is 1. The van der Waals surface area contributed by atoms with Crippen LogP contribution in [0.2, 0.25) is 0 Å². The third-order valence-corrected chi connectivity index (χ3v) is 9.15. The number of carbonyl (C=O) groups excluding carboxylic acids is 2. The molecule has 264 valence electrons. The lowest BCUT2D eigenvalue weighted by atomic mass is 9.97. The summed E-state index contributed by atoms with van der Waals surface area (Å²) in [7, 11) is 1.66. The van der Waals surface area contributed by atoms with Crippen molar-refractivity contribution in [3.63, 3.8) is 0 Å². The van der Waals surface area contributed by atoms with E-state index in [0.29, 0.717) is 36.5 Å². The smallest absolute Gasteiger partial charge is 0.416 e. The number of pyridine rings is 1. The molecule has 1 atom stereocenters. The van der Waals surface area contributed by atoms with Crippen LogP contribution >= 0.6 is 0 Å². The van der Waals surface area contributed by atoms with Crippen LogP contribution in [0.4, 0.5) is 24.5 Å². The van der Waals surface area contributed by atoms with Crippen molar-refractivity contribution in [2.75, 3.05) is 43.5 Å². The minimum atomic E-state index is -4.52. The molecular weight excluding hydrogens is 657 g/mol. The topological polar surface area (TPSA) is 147 Å². The van der Waals surface area contributed by atoms with E-state index in [1.807, 2.05) is 17.9 Å². The van der Waals surface area contributed by atoms with Gasteiger partial charge in [0.1, 0.15) is 18.0 Å². The zero-order chi connectivity index (χ0) is 35.7. The number of benzene rings is 1. The molecule has 1 aliphatic carbocycles. The average molecular weight is 695 g/mol. The summed E-state index contributed by atoms with van der Waals surface area (Å²) in [6.07, 6.45) is 1.32. The Morgan fingerprint density at radius 1 is 1.14 bits per heavy atom. The van der Waals surface area contributed by atoms with Crippen LogP contribution in [0.5, 0.6) is 5.75 Å². The van der Waals surface area contributed by atoms with E-state index in [1.165, 1.54) is 35.8 Å². The molecule has 4 aromatic rings. The van der Waals surface area contributed by atoms with Gasteiger partial charge in [0.05, 0.1) is 17.4 Å². The van der Waals surface area contributed by atoms with E-state index in [-0.39, 0.29) is 67.3 Å². The summed E-state index contributed by atoms with van der Waals surface area (Å²) < 4.78 is 48.0. The lowest BCUT2D eigenvalue weighted by Gasteiger charge is -2.36. The molecule has 2 aliphatic rings. The summed E-state index contributed by atoms with van der Waals surface area (Å²) in [6.45, 7) is 4.04. The fourth-order valence-corrected chi connectivity index (χ4v) is 6.45. The molecule has 50 heavy (non-hydrogen) atoms. The van der Waals surface area contributed by atoms with Gasteiger partial charge in [0.25, 0.3) is 11.5 Å². The van der Waals surface area contributed by atoms with Crippen LogP contribution in [-0.4, -0.2) is 85.4 Å². The molecule has 6 rings (SSSR count). The quantitative estimate of drug-likeness (QED) is 0.279. The molecule has 16 heteroatoms. The van der Waals surface area contributed by atoms with Crippen molar-refractivity contribution < 1.29 is 32.6 Å².